The molecule has 0 bridgehead atoms. The van der Waals surface area contributed by atoms with E-state index >= 15 is 0 Å². The molecule has 1 aliphatic rings. The van der Waals surface area contributed by atoms with Crippen LogP contribution in [-0.2, 0) is 16.0 Å². The maximum Gasteiger partial charge on any atom is 0.166 e. The van der Waals surface area contributed by atoms with Crippen molar-refractivity contribution in [2.45, 2.75) is 51.6 Å². The van der Waals surface area contributed by atoms with E-state index in [2.05, 4.69) is 13.0 Å². The SMILES string of the molecule is COC(C(=O)Cc1ccccc1C)C1CCCCC1. The number of methoxy groups -OCH3 is 1. The number of hydrogen-bond acceptors (Lipinski definition) is 2. The van der Waals surface area contributed by atoms with E-state index in [-0.39, 0.29) is 11.9 Å². The Bertz CT molecular complexity index is 419. The van der Waals surface area contributed by atoms with E-state index in [0.29, 0.717) is 12.3 Å². The number of aryl methyl sites for hydroxylation is 1. The standard InChI is InChI=1S/C17H24O2/c1-13-8-6-7-11-15(13)12-16(18)17(19-2)14-9-4-3-5-10-14/h6-8,11,14,17H,3-5,9-10,12H2,1-2H3. The highest BCUT2D eigenvalue weighted by atomic mass is 16.5. The number of Topliss-reactive ketones (excluding diaryl/α,β-unsaturated/α-hetero) is 1. The lowest BCUT2D eigenvalue weighted by Crippen LogP contribution is -2.34. The third-order valence-electron chi connectivity index (χ3n) is 4.28. The third-order valence-corrected chi connectivity index (χ3v) is 4.28. The van der Waals surface area contributed by atoms with Crippen LogP contribution in [0.25, 0.3) is 0 Å². The summed E-state index contributed by atoms with van der Waals surface area (Å²) >= 11 is 0. The van der Waals surface area contributed by atoms with E-state index in [1.807, 2.05) is 18.2 Å². The maximum atomic E-state index is 12.5. The van der Waals surface area contributed by atoms with Crippen molar-refractivity contribution in [3.8, 4) is 0 Å². The molecule has 1 unspecified atom stereocenters. The van der Waals surface area contributed by atoms with Crippen molar-refractivity contribution in [1.82, 2.24) is 0 Å². The van der Waals surface area contributed by atoms with Crippen molar-refractivity contribution in [3.05, 3.63) is 35.4 Å². The molecule has 0 aliphatic heterocycles. The molecule has 1 aliphatic carbocycles. The van der Waals surface area contributed by atoms with Crippen LogP contribution < -0.4 is 0 Å². The van der Waals surface area contributed by atoms with Crippen LogP contribution in [0.4, 0.5) is 0 Å². The van der Waals surface area contributed by atoms with Gasteiger partial charge in [0, 0.05) is 13.5 Å². The highest BCUT2D eigenvalue weighted by molar-refractivity contribution is 5.85. The van der Waals surface area contributed by atoms with Gasteiger partial charge in [-0.1, -0.05) is 43.5 Å². The number of benzene rings is 1. The molecule has 0 heterocycles. The van der Waals surface area contributed by atoms with Gasteiger partial charge in [0.05, 0.1) is 0 Å². The molecular formula is C17H24O2. The van der Waals surface area contributed by atoms with Crippen molar-refractivity contribution in [1.29, 1.82) is 0 Å². The minimum Gasteiger partial charge on any atom is -0.373 e. The van der Waals surface area contributed by atoms with Crippen molar-refractivity contribution < 1.29 is 9.53 Å². The molecule has 1 aromatic carbocycles. The zero-order chi connectivity index (χ0) is 13.7. The Morgan fingerprint density at radius 2 is 1.95 bits per heavy atom. The van der Waals surface area contributed by atoms with Crippen LogP contribution in [0.3, 0.4) is 0 Å². The second kappa shape index (κ2) is 6.85. The summed E-state index contributed by atoms with van der Waals surface area (Å²) in [7, 11) is 1.68. The fraction of sp³-hybridized carbons (Fsp3) is 0.588. The first-order valence-corrected chi connectivity index (χ1v) is 7.32. The quantitative estimate of drug-likeness (QED) is 0.807. The summed E-state index contributed by atoms with van der Waals surface area (Å²) in [5, 5.41) is 0. The zero-order valence-corrected chi connectivity index (χ0v) is 12.0. The number of ether oxygens (including phenoxy) is 1. The topological polar surface area (TPSA) is 26.3 Å². The van der Waals surface area contributed by atoms with E-state index in [1.54, 1.807) is 7.11 Å². The van der Waals surface area contributed by atoms with Crippen molar-refractivity contribution in [3.63, 3.8) is 0 Å². The fourth-order valence-corrected chi connectivity index (χ4v) is 3.12. The number of carbonyl (C=O) groups is 1. The minimum absolute atomic E-state index is 0.208. The Morgan fingerprint density at radius 1 is 1.26 bits per heavy atom. The van der Waals surface area contributed by atoms with Crippen LogP contribution in [0.5, 0.6) is 0 Å². The molecule has 1 atom stereocenters. The van der Waals surface area contributed by atoms with Crippen LogP contribution in [0.1, 0.15) is 43.2 Å². The van der Waals surface area contributed by atoms with Gasteiger partial charge in [-0.2, -0.15) is 0 Å². The summed E-state index contributed by atoms with van der Waals surface area (Å²) in [6.45, 7) is 2.06. The summed E-state index contributed by atoms with van der Waals surface area (Å²) < 4.78 is 5.51. The lowest BCUT2D eigenvalue weighted by Gasteiger charge is -2.28. The number of ketones is 1. The summed E-state index contributed by atoms with van der Waals surface area (Å²) in [4.78, 5) is 12.5. The van der Waals surface area contributed by atoms with Gasteiger partial charge in [-0.05, 0) is 36.8 Å². The minimum atomic E-state index is -0.208. The molecule has 1 aromatic rings. The molecule has 104 valence electrons. The van der Waals surface area contributed by atoms with Gasteiger partial charge in [-0.15, -0.1) is 0 Å². The first kappa shape index (κ1) is 14.3. The smallest absolute Gasteiger partial charge is 0.166 e. The Morgan fingerprint density at radius 3 is 2.58 bits per heavy atom. The summed E-state index contributed by atoms with van der Waals surface area (Å²) in [5.41, 5.74) is 2.32. The predicted octanol–water partition coefficient (Wildman–Crippen LogP) is 3.70. The fourth-order valence-electron chi connectivity index (χ4n) is 3.12. The summed E-state index contributed by atoms with van der Waals surface area (Å²) in [5.74, 6) is 0.666. The molecule has 2 nitrogen and oxygen atoms in total. The molecule has 0 aromatic heterocycles. The van der Waals surface area contributed by atoms with Gasteiger partial charge < -0.3 is 4.74 Å². The van der Waals surface area contributed by atoms with Gasteiger partial charge in [-0.3, -0.25) is 4.79 Å². The van der Waals surface area contributed by atoms with E-state index in [0.717, 1.165) is 18.4 Å². The second-order valence-corrected chi connectivity index (χ2v) is 5.62. The van der Waals surface area contributed by atoms with E-state index in [1.165, 1.54) is 24.8 Å². The van der Waals surface area contributed by atoms with Gasteiger partial charge in [-0.25, -0.2) is 0 Å². The molecule has 2 rings (SSSR count). The summed E-state index contributed by atoms with van der Waals surface area (Å²) in [6, 6.07) is 8.11. The molecule has 0 radical (unpaired) electrons. The first-order valence-electron chi connectivity index (χ1n) is 7.32. The largest absolute Gasteiger partial charge is 0.373 e. The molecule has 0 amide bonds. The van der Waals surface area contributed by atoms with E-state index < -0.39 is 0 Å². The lowest BCUT2D eigenvalue weighted by atomic mass is 9.82. The second-order valence-electron chi connectivity index (χ2n) is 5.62. The number of carbonyl (C=O) groups excluding carboxylic acids is 1. The number of rotatable bonds is 5. The predicted molar refractivity (Wildman–Crippen MR) is 77.3 cm³/mol. The average molecular weight is 260 g/mol. The van der Waals surface area contributed by atoms with Crippen LogP contribution in [0.15, 0.2) is 24.3 Å². The molecule has 19 heavy (non-hydrogen) atoms. The van der Waals surface area contributed by atoms with E-state index in [4.69, 9.17) is 4.74 Å². The van der Waals surface area contributed by atoms with Crippen LogP contribution in [0.2, 0.25) is 0 Å². The van der Waals surface area contributed by atoms with Gasteiger partial charge in [0.25, 0.3) is 0 Å². The highest BCUT2D eigenvalue weighted by Crippen LogP contribution is 2.28. The Labute approximate surface area is 116 Å². The highest BCUT2D eigenvalue weighted by Gasteiger charge is 2.29. The van der Waals surface area contributed by atoms with Gasteiger partial charge in [0.15, 0.2) is 5.78 Å². The molecule has 0 N–H and O–H groups in total. The Hall–Kier alpha value is -1.15. The monoisotopic (exact) mass is 260 g/mol. The van der Waals surface area contributed by atoms with Crippen LogP contribution in [-0.4, -0.2) is 19.0 Å². The molecule has 2 heteroatoms. The van der Waals surface area contributed by atoms with Crippen molar-refractivity contribution in [2.75, 3.05) is 7.11 Å². The molecule has 1 saturated carbocycles. The third kappa shape index (κ3) is 3.66. The van der Waals surface area contributed by atoms with Crippen LogP contribution >= 0.6 is 0 Å². The zero-order valence-electron chi connectivity index (χ0n) is 12.0. The lowest BCUT2D eigenvalue weighted by molar-refractivity contribution is -0.132. The first-order chi connectivity index (χ1) is 9.22. The van der Waals surface area contributed by atoms with Crippen LogP contribution in [0, 0.1) is 12.8 Å². The Balaban J connectivity index is 2.02. The number of hydrogen-bond donors (Lipinski definition) is 0. The van der Waals surface area contributed by atoms with Gasteiger partial charge in [0.1, 0.15) is 6.10 Å². The van der Waals surface area contributed by atoms with Crippen molar-refractivity contribution in [2.24, 2.45) is 5.92 Å². The molecule has 1 fully saturated rings. The molecular weight excluding hydrogens is 236 g/mol. The summed E-state index contributed by atoms with van der Waals surface area (Å²) in [6.07, 6.45) is 6.35. The van der Waals surface area contributed by atoms with Gasteiger partial charge in [0.2, 0.25) is 0 Å². The maximum absolute atomic E-state index is 12.5. The molecule has 0 spiro atoms. The van der Waals surface area contributed by atoms with Gasteiger partial charge >= 0.3 is 0 Å². The average Bonchev–Trinajstić information content (AvgIpc) is 2.43. The molecule has 0 saturated heterocycles. The normalized spacial score (nSPS) is 18.2. The van der Waals surface area contributed by atoms with Crippen molar-refractivity contribution >= 4 is 5.78 Å². The van der Waals surface area contributed by atoms with E-state index in [9.17, 15) is 4.79 Å². The Kier molecular flexibility index (Phi) is 5.15.